The average Bonchev–Trinajstić information content (AvgIpc) is 3.02. The molecule has 1 unspecified atom stereocenters. The van der Waals surface area contributed by atoms with E-state index in [1.54, 1.807) is 35.0 Å². The predicted molar refractivity (Wildman–Crippen MR) is 112 cm³/mol. The zero-order chi connectivity index (χ0) is 20.6. The van der Waals surface area contributed by atoms with Crippen LogP contribution >= 0.6 is 0 Å². The highest BCUT2D eigenvalue weighted by Crippen LogP contribution is 2.23. The van der Waals surface area contributed by atoms with Crippen LogP contribution in [-0.2, 0) is 10.0 Å². The minimum absolute atomic E-state index is 0.219. The maximum Gasteiger partial charge on any atom is 0.329 e. The smallest absolute Gasteiger partial charge is 0.289 e. The number of fused-ring (bicyclic) bond motifs is 1. The average molecular weight is 409 g/mol. The van der Waals surface area contributed by atoms with Gasteiger partial charge in [0.05, 0.1) is 24.2 Å². The molecule has 148 valence electrons. The van der Waals surface area contributed by atoms with Gasteiger partial charge in [-0.1, -0.05) is 42.5 Å². The molecule has 0 amide bonds. The maximum absolute atomic E-state index is 12.5. The van der Waals surface area contributed by atoms with Gasteiger partial charge in [0.25, 0.3) is 0 Å². The lowest BCUT2D eigenvalue weighted by atomic mass is 10.1. The fraction of sp³-hybridized carbons (Fsp3) is 0.150. The number of nitrogens with zero attached hydrogens (tertiary/aromatic N) is 3. The Morgan fingerprint density at radius 3 is 2.41 bits per heavy atom. The number of imidazole rings is 1. The van der Waals surface area contributed by atoms with Crippen LogP contribution in [-0.4, -0.2) is 34.2 Å². The van der Waals surface area contributed by atoms with Crippen molar-refractivity contribution in [1.29, 1.82) is 0 Å². The van der Waals surface area contributed by atoms with E-state index in [1.807, 2.05) is 37.3 Å². The molecule has 1 atom stereocenters. The third-order valence-corrected chi connectivity index (χ3v) is 5.19. The zero-order valence-electron chi connectivity index (χ0n) is 15.8. The number of H-pyrrole nitrogens is 1. The lowest BCUT2D eigenvalue weighted by Gasteiger charge is -2.13. The molecule has 2 heterocycles. The summed E-state index contributed by atoms with van der Waals surface area (Å²) in [4.78, 5) is 24.3. The van der Waals surface area contributed by atoms with E-state index in [-0.39, 0.29) is 11.7 Å². The molecule has 0 radical (unpaired) electrons. The topological polar surface area (TPSA) is 110 Å². The van der Waals surface area contributed by atoms with Gasteiger partial charge in [0, 0.05) is 11.3 Å². The second kappa shape index (κ2) is 7.17. The number of hydrogen-bond donors (Lipinski definition) is 2. The predicted octanol–water partition coefficient (Wildman–Crippen LogP) is 2.77. The molecule has 0 bridgehead atoms. The summed E-state index contributed by atoms with van der Waals surface area (Å²) in [5, 5.41) is 0. The molecule has 2 N–H and O–H groups in total. The molecule has 0 saturated heterocycles. The summed E-state index contributed by atoms with van der Waals surface area (Å²) in [5.41, 5.74) is 3.38. The number of aromatic nitrogens is 4. The highest BCUT2D eigenvalue weighted by Gasteiger charge is 2.17. The van der Waals surface area contributed by atoms with Crippen molar-refractivity contribution in [1.82, 2.24) is 19.5 Å². The lowest BCUT2D eigenvalue weighted by Crippen LogP contribution is -2.21. The molecule has 0 aliphatic heterocycles. The first-order valence-corrected chi connectivity index (χ1v) is 10.8. The molecule has 0 aliphatic rings. The molecule has 0 fully saturated rings. The molecule has 8 nitrogen and oxygen atoms in total. The lowest BCUT2D eigenvalue weighted by molar-refractivity contribution is 0.607. The summed E-state index contributed by atoms with van der Waals surface area (Å²) in [5.74, 6) is 0. The van der Waals surface area contributed by atoms with Crippen molar-refractivity contribution < 1.29 is 8.42 Å². The number of anilines is 1. The van der Waals surface area contributed by atoms with Crippen LogP contribution in [0.2, 0.25) is 0 Å². The Hall–Kier alpha value is -3.46. The molecule has 2 aromatic heterocycles. The Balaban J connectivity index is 1.75. The number of hydrogen-bond acceptors (Lipinski definition) is 5. The quantitative estimate of drug-likeness (QED) is 0.527. The molecular formula is C20H19N5O3S. The van der Waals surface area contributed by atoms with Gasteiger partial charge in [-0.2, -0.15) is 0 Å². The van der Waals surface area contributed by atoms with Gasteiger partial charge in [0.2, 0.25) is 10.0 Å². The molecule has 4 aromatic rings. The van der Waals surface area contributed by atoms with Gasteiger partial charge in [-0.3, -0.25) is 14.3 Å². The molecule has 29 heavy (non-hydrogen) atoms. The number of nitrogens with one attached hydrogen (secondary N) is 2. The third-order valence-electron chi connectivity index (χ3n) is 4.58. The van der Waals surface area contributed by atoms with Gasteiger partial charge in [-0.15, -0.1) is 0 Å². The molecule has 0 saturated carbocycles. The van der Waals surface area contributed by atoms with Gasteiger partial charge in [-0.05, 0) is 24.6 Å². The fourth-order valence-corrected chi connectivity index (χ4v) is 3.76. The van der Waals surface area contributed by atoms with E-state index in [2.05, 4.69) is 19.7 Å². The Bertz CT molecular complexity index is 1330. The van der Waals surface area contributed by atoms with E-state index in [0.29, 0.717) is 22.7 Å². The number of rotatable bonds is 5. The van der Waals surface area contributed by atoms with Gasteiger partial charge >= 0.3 is 5.69 Å². The van der Waals surface area contributed by atoms with E-state index >= 15 is 0 Å². The van der Waals surface area contributed by atoms with E-state index in [1.165, 1.54) is 0 Å². The Morgan fingerprint density at radius 2 is 1.76 bits per heavy atom. The minimum Gasteiger partial charge on any atom is -0.289 e. The van der Waals surface area contributed by atoms with Crippen molar-refractivity contribution >= 4 is 27.0 Å². The van der Waals surface area contributed by atoms with E-state index < -0.39 is 10.0 Å². The van der Waals surface area contributed by atoms with Gasteiger partial charge < -0.3 is 0 Å². The highest BCUT2D eigenvalue weighted by atomic mass is 32.2. The second-order valence-electron chi connectivity index (χ2n) is 6.77. The van der Waals surface area contributed by atoms with Gasteiger partial charge in [0.15, 0.2) is 11.3 Å². The molecule has 0 aliphatic carbocycles. The maximum atomic E-state index is 12.5. The largest absolute Gasteiger partial charge is 0.329 e. The minimum atomic E-state index is -3.34. The van der Waals surface area contributed by atoms with Crippen molar-refractivity contribution in [3.8, 4) is 11.3 Å². The summed E-state index contributed by atoms with van der Waals surface area (Å²) < 4.78 is 26.7. The summed E-state index contributed by atoms with van der Waals surface area (Å²) in [6.45, 7) is 1.93. The Morgan fingerprint density at radius 1 is 1.07 bits per heavy atom. The summed E-state index contributed by atoms with van der Waals surface area (Å²) in [6.07, 6.45) is 2.67. The van der Waals surface area contributed by atoms with Crippen LogP contribution in [0.5, 0.6) is 0 Å². The number of aromatic amines is 1. The first-order chi connectivity index (χ1) is 13.8. The van der Waals surface area contributed by atoms with Crippen LogP contribution in [0, 0.1) is 0 Å². The van der Waals surface area contributed by atoms with Crippen LogP contribution in [0.15, 0.2) is 65.6 Å². The molecule has 2 aromatic carbocycles. The van der Waals surface area contributed by atoms with Crippen molar-refractivity contribution in [2.24, 2.45) is 0 Å². The van der Waals surface area contributed by atoms with Crippen LogP contribution in [0.25, 0.3) is 22.6 Å². The molecule has 4 rings (SSSR count). The normalized spacial score (nSPS) is 12.8. The van der Waals surface area contributed by atoms with Crippen LogP contribution < -0.4 is 10.4 Å². The van der Waals surface area contributed by atoms with Gasteiger partial charge in [0.1, 0.15) is 0 Å². The standard InChI is InChI=1S/C20H19N5O3S/c1-13(14-6-4-3-5-7-14)25-19-18(23-20(25)26)21-12-17(22-19)15-8-10-16(11-9-15)24-29(2,27)28/h3-13,24H,1-2H3,(H,21,23,26). The monoisotopic (exact) mass is 409 g/mol. The van der Waals surface area contributed by atoms with Crippen molar-refractivity contribution in [3.05, 3.63) is 76.8 Å². The SMILES string of the molecule is CC(c1ccccc1)n1c(=O)[nH]c2ncc(-c3ccc(NS(C)(=O)=O)cc3)nc21. The zero-order valence-corrected chi connectivity index (χ0v) is 16.6. The van der Waals surface area contributed by atoms with E-state index in [9.17, 15) is 13.2 Å². The van der Waals surface area contributed by atoms with Crippen molar-refractivity contribution in [2.45, 2.75) is 13.0 Å². The fourth-order valence-electron chi connectivity index (χ4n) is 3.20. The highest BCUT2D eigenvalue weighted by molar-refractivity contribution is 7.92. The van der Waals surface area contributed by atoms with Gasteiger partial charge in [-0.25, -0.2) is 23.2 Å². The third kappa shape index (κ3) is 3.90. The summed E-state index contributed by atoms with van der Waals surface area (Å²) in [6, 6.07) is 16.3. The summed E-state index contributed by atoms with van der Waals surface area (Å²) in [7, 11) is -3.34. The molecule has 9 heteroatoms. The number of benzene rings is 2. The summed E-state index contributed by atoms with van der Waals surface area (Å²) >= 11 is 0. The van der Waals surface area contributed by atoms with Crippen molar-refractivity contribution in [3.63, 3.8) is 0 Å². The number of sulfonamides is 1. The van der Waals surface area contributed by atoms with Crippen LogP contribution in [0.3, 0.4) is 0 Å². The molecule has 0 spiro atoms. The Labute approximate surface area is 167 Å². The van der Waals surface area contributed by atoms with Crippen LogP contribution in [0.4, 0.5) is 5.69 Å². The van der Waals surface area contributed by atoms with Crippen molar-refractivity contribution in [2.75, 3.05) is 11.0 Å². The van der Waals surface area contributed by atoms with E-state index in [4.69, 9.17) is 0 Å². The second-order valence-corrected chi connectivity index (χ2v) is 8.51. The first-order valence-electron chi connectivity index (χ1n) is 8.92. The van der Waals surface area contributed by atoms with E-state index in [0.717, 1.165) is 17.4 Å². The molecular weight excluding hydrogens is 390 g/mol. The first kappa shape index (κ1) is 18.9. The van der Waals surface area contributed by atoms with Crippen LogP contribution in [0.1, 0.15) is 18.5 Å². The Kier molecular flexibility index (Phi) is 4.67.